The Morgan fingerprint density at radius 3 is 1.89 bits per heavy atom. The van der Waals surface area contributed by atoms with Crippen LogP contribution in [0.5, 0.6) is 0 Å². The highest BCUT2D eigenvalue weighted by molar-refractivity contribution is 5.93. The van der Waals surface area contributed by atoms with Crippen LogP contribution in [-0.4, -0.2) is 98.4 Å². The summed E-state index contributed by atoms with van der Waals surface area (Å²) in [6.45, 7) is 17.2. The van der Waals surface area contributed by atoms with Crippen LogP contribution in [0, 0.1) is 0 Å². The van der Waals surface area contributed by atoms with E-state index in [0.29, 0.717) is 44.8 Å². The zero-order valence-corrected chi connectivity index (χ0v) is 17.5. The Kier molecular flexibility index (Phi) is 12.8. The Morgan fingerprint density at radius 1 is 0.815 bits per heavy atom. The first kappa shape index (κ1) is 24.8. The summed E-state index contributed by atoms with van der Waals surface area (Å²) >= 11 is 0. The van der Waals surface area contributed by atoms with E-state index in [1.807, 2.05) is 34.1 Å². The third kappa shape index (κ3) is 10.5. The van der Waals surface area contributed by atoms with Crippen LogP contribution in [0.2, 0.25) is 0 Å². The number of hydrogen-bond donors (Lipinski definition) is 0. The van der Waals surface area contributed by atoms with Gasteiger partial charge in [-0.2, -0.15) is 0 Å². The van der Waals surface area contributed by atoms with Crippen LogP contribution in [0.25, 0.3) is 0 Å². The molecule has 0 spiro atoms. The van der Waals surface area contributed by atoms with Gasteiger partial charge in [-0.3, -0.25) is 9.59 Å². The number of carbonyl (C=O) groups excluding carboxylic acids is 2. The molecule has 2 amide bonds. The molecule has 0 saturated carbocycles. The first-order valence-electron chi connectivity index (χ1n) is 9.19. The summed E-state index contributed by atoms with van der Waals surface area (Å²) in [5.74, 6) is -0.0774. The lowest BCUT2D eigenvalue weighted by molar-refractivity contribution is -0.127. The summed E-state index contributed by atoms with van der Waals surface area (Å²) in [6.07, 6.45) is 6.69. The van der Waals surface area contributed by atoms with Crippen LogP contribution in [-0.2, 0) is 9.59 Å². The van der Waals surface area contributed by atoms with Gasteiger partial charge in [0.15, 0.2) is 0 Å². The highest BCUT2D eigenvalue weighted by Crippen LogP contribution is 2.03. The molecule has 0 aromatic carbocycles. The molecule has 0 aromatic rings. The lowest BCUT2D eigenvalue weighted by Crippen LogP contribution is -2.38. The maximum atomic E-state index is 12.6. The fourth-order valence-electron chi connectivity index (χ4n) is 2.34. The summed E-state index contributed by atoms with van der Waals surface area (Å²) in [5, 5.41) is 0. The van der Waals surface area contributed by atoms with Crippen molar-refractivity contribution in [2.45, 2.75) is 6.92 Å². The third-order valence-electron chi connectivity index (χ3n) is 4.09. The second-order valence-corrected chi connectivity index (χ2v) is 6.77. The van der Waals surface area contributed by atoms with E-state index in [2.05, 4.69) is 29.5 Å². The monoisotopic (exact) mass is 376 g/mol. The Morgan fingerprint density at radius 2 is 1.37 bits per heavy atom. The molecule has 0 aromatic heterocycles. The van der Waals surface area contributed by atoms with Gasteiger partial charge in [0.1, 0.15) is 0 Å². The molecule has 0 atom stereocenters. The van der Waals surface area contributed by atoms with Crippen molar-refractivity contribution in [1.82, 2.24) is 19.6 Å². The van der Waals surface area contributed by atoms with E-state index in [1.165, 1.54) is 6.08 Å². The summed E-state index contributed by atoms with van der Waals surface area (Å²) in [5.41, 5.74) is 0.715. The van der Waals surface area contributed by atoms with Crippen LogP contribution in [0.15, 0.2) is 49.6 Å². The predicted octanol–water partition coefficient (Wildman–Crippen LogP) is 1.64. The van der Waals surface area contributed by atoms with Gasteiger partial charge in [0.05, 0.1) is 0 Å². The molecule has 6 heteroatoms. The molecule has 27 heavy (non-hydrogen) atoms. The minimum Gasteiger partial charge on any atom is -0.334 e. The molecule has 0 heterocycles. The van der Waals surface area contributed by atoms with Crippen LogP contribution < -0.4 is 0 Å². The quantitative estimate of drug-likeness (QED) is 0.342. The summed E-state index contributed by atoms with van der Waals surface area (Å²) in [4.78, 5) is 32.0. The lowest BCUT2D eigenvalue weighted by atomic mass is 10.2. The van der Waals surface area contributed by atoms with Gasteiger partial charge in [0.2, 0.25) is 11.8 Å². The average molecular weight is 377 g/mol. The van der Waals surface area contributed by atoms with E-state index >= 15 is 0 Å². The van der Waals surface area contributed by atoms with E-state index in [1.54, 1.807) is 22.0 Å². The first-order chi connectivity index (χ1) is 12.8. The van der Waals surface area contributed by atoms with Crippen molar-refractivity contribution in [3.8, 4) is 0 Å². The molecule has 0 bridgehead atoms. The molecule has 0 N–H and O–H groups in total. The standard InChI is InChI=1S/C21H36N4O2/c1-8-12-24(20(26)10-3)18-16-23(7)14-11-19(4)21(27)25(13-9-2)17-15-22(5)6/h8-11H,1-3,12-18H2,4-7H3/b19-11+. The molecule has 0 radical (unpaired) electrons. The van der Waals surface area contributed by atoms with Crippen LogP contribution >= 0.6 is 0 Å². The maximum Gasteiger partial charge on any atom is 0.249 e. The zero-order chi connectivity index (χ0) is 20.8. The van der Waals surface area contributed by atoms with Gasteiger partial charge in [0, 0.05) is 51.4 Å². The second-order valence-electron chi connectivity index (χ2n) is 6.77. The van der Waals surface area contributed by atoms with E-state index < -0.39 is 0 Å². The Hall–Kier alpha value is -2.18. The van der Waals surface area contributed by atoms with Gasteiger partial charge in [-0.25, -0.2) is 0 Å². The lowest BCUT2D eigenvalue weighted by Gasteiger charge is -2.24. The maximum absolute atomic E-state index is 12.6. The van der Waals surface area contributed by atoms with Crippen LogP contribution in [0.4, 0.5) is 0 Å². The van der Waals surface area contributed by atoms with Gasteiger partial charge in [-0.1, -0.05) is 24.8 Å². The minimum atomic E-state index is -0.105. The number of likely N-dealkylation sites (N-methyl/N-ethyl adjacent to an activating group) is 2. The van der Waals surface area contributed by atoms with Gasteiger partial charge < -0.3 is 19.6 Å². The van der Waals surface area contributed by atoms with Crippen molar-refractivity contribution >= 4 is 11.8 Å². The summed E-state index contributed by atoms with van der Waals surface area (Å²) < 4.78 is 0. The molecule has 0 aliphatic carbocycles. The molecule has 0 rings (SSSR count). The average Bonchev–Trinajstić information content (AvgIpc) is 2.64. The molecular weight excluding hydrogens is 340 g/mol. The number of rotatable bonds is 14. The van der Waals surface area contributed by atoms with Crippen molar-refractivity contribution in [3.05, 3.63) is 49.6 Å². The molecule has 0 saturated heterocycles. The van der Waals surface area contributed by atoms with E-state index in [4.69, 9.17) is 0 Å². The van der Waals surface area contributed by atoms with Crippen molar-refractivity contribution in [2.24, 2.45) is 0 Å². The zero-order valence-electron chi connectivity index (χ0n) is 17.5. The third-order valence-corrected chi connectivity index (χ3v) is 4.09. The SMILES string of the molecule is C=CCN(CCN(C)C/C=C(\C)C(=O)N(CC=C)CCN(C)C)C(=O)C=C. The Bertz CT molecular complexity index is 540. The predicted molar refractivity (Wildman–Crippen MR) is 114 cm³/mol. The summed E-state index contributed by atoms with van der Waals surface area (Å²) in [7, 11) is 5.94. The molecule has 0 fully saturated rings. The van der Waals surface area contributed by atoms with Gasteiger partial charge >= 0.3 is 0 Å². The van der Waals surface area contributed by atoms with Gasteiger partial charge in [0.25, 0.3) is 0 Å². The number of nitrogens with zero attached hydrogens (tertiary/aromatic N) is 4. The number of carbonyl (C=O) groups is 2. The fraction of sp³-hybridized carbons (Fsp3) is 0.524. The van der Waals surface area contributed by atoms with E-state index in [9.17, 15) is 9.59 Å². The Balaban J connectivity index is 4.67. The van der Waals surface area contributed by atoms with Crippen molar-refractivity contribution in [1.29, 1.82) is 0 Å². The van der Waals surface area contributed by atoms with Crippen LogP contribution in [0.1, 0.15) is 6.92 Å². The van der Waals surface area contributed by atoms with Gasteiger partial charge in [-0.05, 0) is 34.1 Å². The van der Waals surface area contributed by atoms with E-state index in [-0.39, 0.29) is 11.8 Å². The molecule has 0 aliphatic rings. The van der Waals surface area contributed by atoms with Crippen LogP contribution in [0.3, 0.4) is 0 Å². The second kappa shape index (κ2) is 13.9. The molecule has 0 unspecified atom stereocenters. The van der Waals surface area contributed by atoms with Crippen molar-refractivity contribution in [2.75, 3.05) is 67.0 Å². The molecular formula is C21H36N4O2. The fourth-order valence-corrected chi connectivity index (χ4v) is 2.34. The topological polar surface area (TPSA) is 47.1 Å². The highest BCUT2D eigenvalue weighted by atomic mass is 16.2. The van der Waals surface area contributed by atoms with Gasteiger partial charge in [-0.15, -0.1) is 13.2 Å². The molecule has 0 aliphatic heterocycles. The largest absolute Gasteiger partial charge is 0.334 e. The normalized spacial score (nSPS) is 11.4. The molecule has 152 valence electrons. The minimum absolute atomic E-state index is 0.0280. The summed E-state index contributed by atoms with van der Waals surface area (Å²) in [6, 6.07) is 0. The number of hydrogen-bond acceptors (Lipinski definition) is 4. The highest BCUT2D eigenvalue weighted by Gasteiger charge is 2.14. The van der Waals surface area contributed by atoms with Crippen molar-refractivity contribution in [3.63, 3.8) is 0 Å². The van der Waals surface area contributed by atoms with Crippen molar-refractivity contribution < 1.29 is 9.59 Å². The Labute approximate surface area is 165 Å². The smallest absolute Gasteiger partial charge is 0.249 e. The molecule has 6 nitrogen and oxygen atoms in total. The number of amides is 2. The van der Waals surface area contributed by atoms with E-state index in [0.717, 1.165) is 6.54 Å². The first-order valence-corrected chi connectivity index (χ1v) is 9.19.